The van der Waals surface area contributed by atoms with Crippen molar-refractivity contribution >= 4 is 5.78 Å². The molecule has 0 amide bonds. The van der Waals surface area contributed by atoms with Crippen molar-refractivity contribution in [2.75, 3.05) is 26.2 Å². The average Bonchev–Trinajstić information content (AvgIpc) is 1.58. The number of rotatable bonds is 74. The van der Waals surface area contributed by atoms with Crippen LogP contribution < -0.4 is 0 Å². The molecule has 2 rings (SSSR count). The van der Waals surface area contributed by atoms with Gasteiger partial charge in [-0.1, -0.05) is 449 Å². The Bertz CT molecular complexity index is 1550. The van der Waals surface area contributed by atoms with Gasteiger partial charge in [-0.25, -0.2) is 0 Å². The fraction of sp³-hybridized carbons (Fsp3) is 0.851. The van der Waals surface area contributed by atoms with Crippen LogP contribution >= 0.6 is 0 Å². The molecule has 0 atom stereocenters. The van der Waals surface area contributed by atoms with Crippen molar-refractivity contribution in [2.24, 2.45) is 0 Å². The molecule has 90 heavy (non-hydrogen) atoms. The molecule has 0 fully saturated rings. The number of benzene rings is 2. The van der Waals surface area contributed by atoms with Crippen LogP contribution in [0.2, 0.25) is 0 Å². The highest BCUT2D eigenvalue weighted by Gasteiger charge is 2.16. The van der Waals surface area contributed by atoms with Gasteiger partial charge >= 0.3 is 0 Å². The van der Waals surface area contributed by atoms with Gasteiger partial charge in [0.05, 0.1) is 0 Å². The van der Waals surface area contributed by atoms with E-state index in [1.807, 2.05) is 30.3 Å². The topological polar surface area (TPSA) is 23.6 Å². The number of unbranched alkanes of at least 4 members (excludes halogenated alkanes) is 60. The summed E-state index contributed by atoms with van der Waals surface area (Å²) < 4.78 is 0. The van der Waals surface area contributed by atoms with E-state index in [1.165, 1.54) is 448 Å². The highest BCUT2D eigenvalue weighted by Crippen LogP contribution is 2.23. The molecule has 0 aliphatic rings. The molecule has 2 aromatic carbocycles. The molecule has 0 unspecified atom stereocenters. The zero-order valence-electron chi connectivity index (χ0n) is 61.9. The van der Waals surface area contributed by atoms with Crippen LogP contribution in [0.4, 0.5) is 0 Å². The summed E-state index contributed by atoms with van der Waals surface area (Å²) in [6.07, 6.45) is 90.5. The maximum Gasteiger partial charge on any atom is 0.193 e. The van der Waals surface area contributed by atoms with E-state index >= 15 is 0 Å². The molecule has 0 radical (unpaired) electrons. The smallest absolute Gasteiger partial charge is 0.193 e. The summed E-state index contributed by atoms with van der Waals surface area (Å²) in [5.74, 6) is 0.183. The van der Waals surface area contributed by atoms with Crippen molar-refractivity contribution in [3.8, 4) is 0 Å². The van der Waals surface area contributed by atoms with Crippen LogP contribution in [0.15, 0.2) is 48.5 Å². The van der Waals surface area contributed by atoms with Crippen LogP contribution in [0.5, 0.6) is 0 Å². The van der Waals surface area contributed by atoms with Crippen LogP contribution in [0, 0.1) is 0 Å². The van der Waals surface area contributed by atoms with Crippen LogP contribution in [-0.4, -0.2) is 41.8 Å². The van der Waals surface area contributed by atoms with Crippen molar-refractivity contribution in [3.05, 3.63) is 70.8 Å². The average molecular weight is 1250 g/mol. The molecule has 0 aromatic heterocycles. The largest absolute Gasteiger partial charge is 0.299 e. The molecule has 0 aliphatic carbocycles. The van der Waals surface area contributed by atoms with Gasteiger partial charge in [0.15, 0.2) is 5.78 Å². The van der Waals surface area contributed by atoms with E-state index in [4.69, 9.17) is 0 Å². The first-order valence-corrected chi connectivity index (χ1v) is 41.8. The van der Waals surface area contributed by atoms with E-state index < -0.39 is 0 Å². The molecule has 0 N–H and O–H groups in total. The zero-order chi connectivity index (χ0) is 64.2. The first-order valence-electron chi connectivity index (χ1n) is 41.8. The van der Waals surface area contributed by atoms with Crippen molar-refractivity contribution in [2.45, 2.75) is 452 Å². The minimum absolute atomic E-state index is 0.183. The fourth-order valence-electron chi connectivity index (χ4n) is 14.4. The second-order valence-corrected chi connectivity index (χ2v) is 29.5. The first-order chi connectivity index (χ1) is 44.6. The minimum atomic E-state index is 0.183. The van der Waals surface area contributed by atoms with Crippen LogP contribution in [0.25, 0.3) is 0 Å². The molecule has 0 aliphatic heterocycles. The maximum atomic E-state index is 14.4. The molecule has 0 bridgehead atoms. The lowest BCUT2D eigenvalue weighted by atomic mass is 9.97. The van der Waals surface area contributed by atoms with Gasteiger partial charge < -0.3 is 0 Å². The summed E-state index contributed by atoms with van der Waals surface area (Å²) in [5, 5.41) is 0. The highest BCUT2D eigenvalue weighted by molar-refractivity contribution is 6.09. The van der Waals surface area contributed by atoms with E-state index in [2.05, 4.69) is 55.7 Å². The van der Waals surface area contributed by atoms with Gasteiger partial charge in [0.25, 0.3) is 0 Å². The normalized spacial score (nSPS) is 11.8. The molecule has 3 heteroatoms. The summed E-state index contributed by atoms with van der Waals surface area (Å²) in [6.45, 7) is 15.9. The van der Waals surface area contributed by atoms with Gasteiger partial charge in [0.1, 0.15) is 0 Å². The van der Waals surface area contributed by atoms with Gasteiger partial charge in [-0.2, -0.15) is 0 Å². The van der Waals surface area contributed by atoms with Crippen LogP contribution in [0.1, 0.15) is 466 Å². The Kier molecular flexibility index (Phi) is 63.9. The van der Waals surface area contributed by atoms with Crippen molar-refractivity contribution in [1.82, 2.24) is 9.80 Å². The number of carbonyl (C=O) groups is 1. The molecule has 0 spiro atoms. The number of carbonyl (C=O) groups excluding carboxylic acids is 1. The number of hydrogen-bond donors (Lipinski definition) is 0. The summed E-state index contributed by atoms with van der Waals surface area (Å²) in [4.78, 5) is 20.0. The van der Waals surface area contributed by atoms with Crippen LogP contribution in [0.3, 0.4) is 0 Å². The Morgan fingerprint density at radius 2 is 0.400 bits per heavy atom. The van der Waals surface area contributed by atoms with Crippen molar-refractivity contribution in [1.29, 1.82) is 0 Å². The Labute approximate surface area is 566 Å². The van der Waals surface area contributed by atoms with E-state index in [1.54, 1.807) is 0 Å². The number of nitrogens with zero attached hydrogens (tertiary/aromatic N) is 2. The third kappa shape index (κ3) is 55.3. The van der Waals surface area contributed by atoms with Crippen molar-refractivity contribution < 1.29 is 4.79 Å². The van der Waals surface area contributed by atoms with E-state index in [9.17, 15) is 4.79 Å². The lowest BCUT2D eigenvalue weighted by molar-refractivity contribution is 0.103. The fourth-order valence-corrected chi connectivity index (χ4v) is 14.4. The molecule has 0 heterocycles. The summed E-state index contributed by atoms with van der Waals surface area (Å²) in [5.41, 5.74) is 4.41. The quantitative estimate of drug-likeness (QED) is 0.0487. The second kappa shape index (κ2) is 68.4. The lowest BCUT2D eigenvalue weighted by Crippen LogP contribution is -2.27. The third-order valence-electron chi connectivity index (χ3n) is 20.5. The molecular weight excluding hydrogens is 1090 g/mol. The third-order valence-corrected chi connectivity index (χ3v) is 20.5. The monoisotopic (exact) mass is 1250 g/mol. The van der Waals surface area contributed by atoms with E-state index in [0.29, 0.717) is 0 Å². The first kappa shape index (κ1) is 84.1. The van der Waals surface area contributed by atoms with E-state index in [-0.39, 0.29) is 5.78 Å². The van der Waals surface area contributed by atoms with Crippen LogP contribution in [-0.2, 0) is 13.1 Å². The molecule has 0 saturated heterocycles. The number of hydrogen-bond acceptors (Lipinski definition) is 3. The second-order valence-electron chi connectivity index (χ2n) is 29.5. The Morgan fingerprint density at radius 3 is 0.589 bits per heavy atom. The molecular formula is C87H160N2O. The number of ketones is 1. The Hall–Kier alpha value is -1.97. The van der Waals surface area contributed by atoms with Crippen molar-refractivity contribution in [3.63, 3.8) is 0 Å². The van der Waals surface area contributed by atoms with Gasteiger partial charge in [0.2, 0.25) is 0 Å². The van der Waals surface area contributed by atoms with Gasteiger partial charge in [-0.15, -0.1) is 0 Å². The van der Waals surface area contributed by atoms with Gasteiger partial charge in [-0.3, -0.25) is 14.6 Å². The zero-order valence-corrected chi connectivity index (χ0v) is 61.9. The predicted octanol–water partition coefficient (Wildman–Crippen LogP) is 29.6. The minimum Gasteiger partial charge on any atom is -0.299 e. The Morgan fingerprint density at radius 1 is 0.222 bits per heavy atom. The highest BCUT2D eigenvalue weighted by atomic mass is 16.1. The predicted molar refractivity (Wildman–Crippen MR) is 405 cm³/mol. The maximum absolute atomic E-state index is 14.4. The van der Waals surface area contributed by atoms with Gasteiger partial charge in [0, 0.05) is 24.2 Å². The summed E-state index contributed by atoms with van der Waals surface area (Å²) >= 11 is 0. The Balaban J connectivity index is 2.07. The lowest BCUT2D eigenvalue weighted by Gasteiger charge is -2.25. The summed E-state index contributed by atoms with van der Waals surface area (Å²) in [6, 6.07) is 17.3. The van der Waals surface area contributed by atoms with E-state index in [0.717, 1.165) is 24.2 Å². The van der Waals surface area contributed by atoms with Gasteiger partial charge in [-0.05, 0) is 75.1 Å². The molecule has 524 valence electrons. The summed E-state index contributed by atoms with van der Waals surface area (Å²) in [7, 11) is 0. The molecule has 0 saturated carbocycles. The molecule has 2 aromatic rings. The standard InChI is InChI=1S/C87H160N2O/c1-5-9-13-17-21-25-29-33-37-41-45-49-53-57-61-68-74-88(75-69-62-58-54-50-46-42-38-34-30-26-22-18-14-10-6-2)81-83-78-84(80-86(79-83)87(90)85-72-66-65-67-73-85)82-89(76-70-63-59-55-51-47-43-39-35-31-27-23-19-15-11-7-3)77-71-64-60-56-52-48-44-40-36-32-28-24-20-16-12-8-4/h65-67,72-73,78-80H,5-64,68-71,74-77,81-82H2,1-4H3. The molecule has 3 nitrogen and oxygen atoms in total. The SMILES string of the molecule is CCCCCCCCCCCCCCCCCCN(CCCCCCCCCCCCCCCCCC)Cc1cc(CN(CCCCCCCCCCCCCCCCCC)CCCCCCCCCCCCCCCCCC)cc(C(=O)c2ccccc2)c1.